The molecule has 0 unspecified atom stereocenters. The number of sulfone groups is 1. The van der Waals surface area contributed by atoms with Crippen LogP contribution in [0.4, 0.5) is 22.7 Å². The smallest absolute Gasteiger partial charge is 0.270 e. The molecule has 0 aromatic heterocycles. The van der Waals surface area contributed by atoms with Gasteiger partial charge in [-0.3, -0.25) is 33.5 Å². The predicted octanol–water partition coefficient (Wildman–Crippen LogP) is 1.86. The van der Waals surface area contributed by atoms with Crippen LogP contribution >= 0.6 is 0 Å². The molecule has 1 aliphatic rings. The van der Waals surface area contributed by atoms with Gasteiger partial charge in [-0.1, -0.05) is 13.8 Å². The molecular weight excluding hydrogens is 887 g/mol. The number of nitro groups is 2. The van der Waals surface area contributed by atoms with Gasteiger partial charge in [0.15, 0.2) is 9.84 Å². The largest absolute Gasteiger partial charge is 0.379 e. The number of hydrogen-bond donors (Lipinski definition) is 0. The lowest BCUT2D eigenvalue weighted by Gasteiger charge is -2.30. The average Bonchev–Trinajstić information content (AvgIpc) is 3.17. The van der Waals surface area contributed by atoms with Gasteiger partial charge >= 0.3 is 0 Å². The van der Waals surface area contributed by atoms with Gasteiger partial charge in [0.1, 0.15) is 4.90 Å². The monoisotopic (exact) mass is 945 g/mol. The van der Waals surface area contributed by atoms with Gasteiger partial charge in [-0.05, 0) is 39.1 Å². The Labute approximate surface area is 359 Å². The molecule has 0 atom stereocenters. The van der Waals surface area contributed by atoms with E-state index in [-0.39, 0.29) is 72.0 Å². The number of nitro benzene ring substituents is 2. The van der Waals surface area contributed by atoms with E-state index in [2.05, 4.69) is 4.90 Å². The lowest BCUT2D eigenvalue weighted by Crippen LogP contribution is -2.42. The fraction of sp³-hybridized carbons (Fsp3) is 0.657. The first-order valence-corrected chi connectivity index (χ1v) is 25.9. The number of rotatable bonds is 25. The summed E-state index contributed by atoms with van der Waals surface area (Å²) in [4.78, 5) is 28.0. The topological polar surface area (TPSA) is 267 Å². The Bertz CT molecular complexity index is 2200. The van der Waals surface area contributed by atoms with Crippen LogP contribution in [0.3, 0.4) is 0 Å². The first kappa shape index (κ1) is 53.5. The van der Waals surface area contributed by atoms with Crippen molar-refractivity contribution in [3.8, 4) is 0 Å². The molecule has 61 heavy (non-hydrogen) atoms. The molecule has 22 nitrogen and oxygen atoms in total. The van der Waals surface area contributed by atoms with E-state index in [4.69, 9.17) is 13.1 Å². The summed E-state index contributed by atoms with van der Waals surface area (Å²) in [5, 5.41) is 22.5. The Morgan fingerprint density at radius 2 is 1.11 bits per heavy atom. The fourth-order valence-corrected chi connectivity index (χ4v) is 9.65. The summed E-state index contributed by atoms with van der Waals surface area (Å²) in [6.45, 7) is 8.06. The third-order valence-corrected chi connectivity index (χ3v) is 13.8. The zero-order valence-electron chi connectivity index (χ0n) is 35.7. The minimum absolute atomic E-state index is 0.0960. The Morgan fingerprint density at radius 1 is 0.672 bits per heavy atom. The van der Waals surface area contributed by atoms with Crippen LogP contribution in [0.25, 0.3) is 0 Å². The summed E-state index contributed by atoms with van der Waals surface area (Å²) in [5.74, 6) is -0.200. The highest BCUT2D eigenvalue weighted by Gasteiger charge is 2.30. The van der Waals surface area contributed by atoms with Crippen LogP contribution in [0.5, 0.6) is 0 Å². The van der Waals surface area contributed by atoms with Gasteiger partial charge < -0.3 is 19.4 Å². The van der Waals surface area contributed by atoms with Crippen LogP contribution in [0, 0.1) is 20.2 Å². The van der Waals surface area contributed by atoms with Gasteiger partial charge in [0.05, 0.1) is 70.8 Å². The van der Waals surface area contributed by atoms with E-state index in [9.17, 15) is 53.9 Å². The number of anilines is 2. The maximum Gasteiger partial charge on any atom is 0.270 e. The molecule has 348 valence electrons. The molecule has 2 aromatic rings. The quantitative estimate of drug-likeness (QED) is 0.0781. The van der Waals surface area contributed by atoms with Gasteiger partial charge in [0.25, 0.3) is 31.6 Å². The Morgan fingerprint density at radius 3 is 1.52 bits per heavy atom. The van der Waals surface area contributed by atoms with Gasteiger partial charge in [-0.2, -0.15) is 21.1 Å². The van der Waals surface area contributed by atoms with Gasteiger partial charge in [0, 0.05) is 90.2 Å². The lowest BCUT2D eigenvalue weighted by molar-refractivity contribution is -0.385. The van der Waals surface area contributed by atoms with E-state index in [0.29, 0.717) is 64.5 Å². The van der Waals surface area contributed by atoms with Crippen molar-refractivity contribution in [1.29, 1.82) is 0 Å². The molecule has 1 aliphatic heterocycles. The van der Waals surface area contributed by atoms with Crippen molar-refractivity contribution in [3.63, 3.8) is 0 Å². The fourth-order valence-electron chi connectivity index (χ4n) is 5.86. The maximum absolute atomic E-state index is 13.4. The standard InChI is InChI=1S/C19H32N4O8S2.C16H27N3O7S2/c1-4-7-22(12-15-31-32(3,26)27)18-6-5-17(23(24)25)16-19(18)33(28,29)20(2)8-9-21-10-13-30-14-11-21;1-5-8-18(9-11-26-27(4,22)23)15-7-6-14(19(20)21)13-16(15)28(24,25)12-10-17(2)3/h5-6,16H,4,7-15H2,1-3H3;6-7,13H,5,8-12H2,1-4H3. The second kappa shape index (κ2) is 24.3. The Kier molecular flexibility index (Phi) is 21.3. The number of non-ortho nitro benzene ring substituents is 2. The third-order valence-electron chi connectivity index (χ3n) is 8.96. The molecule has 2 aromatic carbocycles. The first-order valence-electron chi connectivity index (χ1n) is 19.2. The number of morpholine rings is 1. The molecule has 0 N–H and O–H groups in total. The second-order valence-corrected chi connectivity index (χ2v) is 21.6. The molecule has 0 bridgehead atoms. The number of nitrogens with zero attached hydrogens (tertiary/aromatic N) is 7. The summed E-state index contributed by atoms with van der Waals surface area (Å²) in [6, 6.07) is 7.35. The third kappa shape index (κ3) is 18.3. The van der Waals surface area contributed by atoms with Crippen molar-refractivity contribution >= 4 is 62.8 Å². The molecule has 1 saturated heterocycles. The molecule has 0 amide bonds. The van der Waals surface area contributed by atoms with E-state index in [1.54, 1.807) is 28.8 Å². The van der Waals surface area contributed by atoms with E-state index in [1.807, 2.05) is 13.8 Å². The molecule has 3 rings (SSSR count). The zero-order chi connectivity index (χ0) is 46.2. The van der Waals surface area contributed by atoms with Crippen molar-refractivity contribution in [1.82, 2.24) is 14.1 Å². The first-order chi connectivity index (χ1) is 28.3. The van der Waals surface area contributed by atoms with Gasteiger partial charge in [-0.15, -0.1) is 0 Å². The van der Waals surface area contributed by atoms with E-state index >= 15 is 0 Å². The van der Waals surface area contributed by atoms with Crippen molar-refractivity contribution in [2.45, 2.75) is 36.5 Å². The minimum Gasteiger partial charge on any atom is -0.379 e. The summed E-state index contributed by atoms with van der Waals surface area (Å²) in [6.07, 6.45) is 3.16. The summed E-state index contributed by atoms with van der Waals surface area (Å²) >= 11 is 0. The molecule has 1 heterocycles. The number of ether oxygens (including phenoxy) is 1. The van der Waals surface area contributed by atoms with E-state index in [0.717, 1.165) is 24.6 Å². The molecule has 0 spiro atoms. The molecule has 0 aliphatic carbocycles. The lowest BCUT2D eigenvalue weighted by atomic mass is 10.2. The highest BCUT2D eigenvalue weighted by atomic mass is 32.2. The number of benzene rings is 2. The highest BCUT2D eigenvalue weighted by molar-refractivity contribution is 7.91. The van der Waals surface area contributed by atoms with Crippen LogP contribution in [0.2, 0.25) is 0 Å². The number of sulfonamides is 1. The van der Waals surface area contributed by atoms with E-state index in [1.165, 1.54) is 35.6 Å². The van der Waals surface area contributed by atoms with Crippen molar-refractivity contribution in [3.05, 3.63) is 56.6 Å². The SMILES string of the molecule is CCCN(CCOS(C)(=O)=O)c1ccc([N+](=O)[O-])cc1S(=O)(=O)CCN(C)C.CCCN(CCOS(C)(=O)=O)c1ccc([N+](=O)[O-])cc1S(=O)(=O)N(C)CCN1CCOCC1. The van der Waals surface area contributed by atoms with E-state index < -0.39 is 49.9 Å². The van der Waals surface area contributed by atoms with Gasteiger partial charge in [-0.25, -0.2) is 16.8 Å². The summed E-state index contributed by atoms with van der Waals surface area (Å²) < 4.78 is 114. The Balaban J connectivity index is 0.000000426. The van der Waals surface area contributed by atoms with Gasteiger partial charge in [0.2, 0.25) is 10.0 Å². The second-order valence-electron chi connectivity index (χ2n) is 14.2. The van der Waals surface area contributed by atoms with Crippen LogP contribution in [0.15, 0.2) is 46.2 Å². The van der Waals surface area contributed by atoms with Crippen LogP contribution in [-0.4, -0.2) is 182 Å². The number of hydrogen-bond acceptors (Lipinski definition) is 19. The van der Waals surface area contributed by atoms with Crippen molar-refractivity contribution < 1.29 is 56.6 Å². The minimum atomic E-state index is -4.07. The molecular formula is C35H59N7O15S4. The van der Waals surface area contributed by atoms with Crippen molar-refractivity contribution in [2.75, 3.05) is 135 Å². The Hall–Kier alpha value is -3.60. The molecule has 0 radical (unpaired) electrons. The average molecular weight is 946 g/mol. The number of likely N-dealkylation sites (N-methyl/N-ethyl adjacent to an activating group) is 1. The molecule has 1 fully saturated rings. The summed E-state index contributed by atoms with van der Waals surface area (Å²) in [7, 11) is -10.3. The summed E-state index contributed by atoms with van der Waals surface area (Å²) in [5.41, 5.74) is -0.111. The predicted molar refractivity (Wildman–Crippen MR) is 230 cm³/mol. The zero-order valence-corrected chi connectivity index (χ0v) is 38.9. The highest BCUT2D eigenvalue weighted by Crippen LogP contribution is 2.33. The maximum atomic E-state index is 13.4. The van der Waals surface area contributed by atoms with Crippen molar-refractivity contribution in [2.24, 2.45) is 0 Å². The van der Waals surface area contributed by atoms with Crippen LogP contribution in [0.1, 0.15) is 26.7 Å². The van der Waals surface area contributed by atoms with Crippen LogP contribution in [-0.2, 0) is 53.2 Å². The molecule has 0 saturated carbocycles. The van der Waals surface area contributed by atoms with Crippen LogP contribution < -0.4 is 9.80 Å². The molecule has 26 heteroatoms. The normalized spacial score (nSPS) is 14.1.